The van der Waals surface area contributed by atoms with Gasteiger partial charge in [-0.1, -0.05) is 0 Å². The molecule has 1 saturated heterocycles. The molecule has 2 fully saturated rings. The second-order valence-electron chi connectivity index (χ2n) is 3.55. The highest BCUT2D eigenvalue weighted by Crippen LogP contribution is 2.29. The van der Waals surface area contributed by atoms with Gasteiger partial charge in [-0.25, -0.2) is 0 Å². The molecule has 13 heavy (non-hydrogen) atoms. The summed E-state index contributed by atoms with van der Waals surface area (Å²) in [5.74, 6) is 2.00. The number of hydrogen-bond donors (Lipinski definition) is 0. The van der Waals surface area contributed by atoms with E-state index < -0.39 is 0 Å². The molecule has 0 unspecified atom stereocenters. The lowest BCUT2D eigenvalue weighted by Gasteiger charge is -2.36. The van der Waals surface area contributed by atoms with Crippen LogP contribution in [0.3, 0.4) is 0 Å². The van der Waals surface area contributed by atoms with Crippen LogP contribution in [0.15, 0.2) is 0 Å². The van der Waals surface area contributed by atoms with Gasteiger partial charge in [0.15, 0.2) is 0 Å². The summed E-state index contributed by atoms with van der Waals surface area (Å²) in [6.45, 7) is 1.29. The van der Waals surface area contributed by atoms with E-state index in [1.54, 1.807) is 4.90 Å². The molecule has 0 aromatic rings. The minimum Gasteiger partial charge on any atom is -0.374 e. The van der Waals surface area contributed by atoms with Crippen molar-refractivity contribution in [3.8, 4) is 12.3 Å². The van der Waals surface area contributed by atoms with Gasteiger partial charge in [0, 0.05) is 6.54 Å². The summed E-state index contributed by atoms with van der Waals surface area (Å²) >= 11 is 0. The maximum atomic E-state index is 11.3. The van der Waals surface area contributed by atoms with Gasteiger partial charge in [-0.05, 0) is 25.2 Å². The van der Waals surface area contributed by atoms with Gasteiger partial charge in [0.25, 0.3) is 5.91 Å². The number of morpholine rings is 1. The van der Waals surface area contributed by atoms with Crippen molar-refractivity contribution in [2.24, 2.45) is 0 Å². The lowest BCUT2D eigenvalue weighted by atomic mass is 10.1. The molecule has 1 amide bonds. The fourth-order valence-electron chi connectivity index (χ4n) is 2.26. The van der Waals surface area contributed by atoms with Crippen LogP contribution >= 0.6 is 0 Å². The average Bonchev–Trinajstić information content (AvgIpc) is 2.63. The van der Waals surface area contributed by atoms with Crippen molar-refractivity contribution in [1.29, 1.82) is 0 Å². The second kappa shape index (κ2) is 3.39. The first kappa shape index (κ1) is 8.58. The number of carbonyl (C=O) groups excluding carboxylic acids is 1. The van der Waals surface area contributed by atoms with Crippen molar-refractivity contribution in [1.82, 2.24) is 4.90 Å². The fraction of sp³-hybridized carbons (Fsp3) is 0.700. The van der Waals surface area contributed by atoms with Gasteiger partial charge in [-0.3, -0.25) is 4.79 Å². The van der Waals surface area contributed by atoms with Crippen LogP contribution in [0.4, 0.5) is 0 Å². The fourth-order valence-corrected chi connectivity index (χ4v) is 2.26. The topological polar surface area (TPSA) is 29.5 Å². The summed E-state index contributed by atoms with van der Waals surface area (Å²) < 4.78 is 5.56. The second-order valence-corrected chi connectivity index (χ2v) is 3.55. The van der Waals surface area contributed by atoms with Crippen LogP contribution in [0.25, 0.3) is 0 Å². The zero-order valence-corrected chi connectivity index (χ0v) is 7.53. The van der Waals surface area contributed by atoms with Gasteiger partial charge in [0.05, 0.1) is 18.8 Å². The van der Waals surface area contributed by atoms with Gasteiger partial charge in [0.1, 0.15) is 0 Å². The number of hydrogen-bond acceptors (Lipinski definition) is 2. The summed E-state index contributed by atoms with van der Waals surface area (Å²) in [5.41, 5.74) is 0. The predicted molar refractivity (Wildman–Crippen MR) is 47.9 cm³/mol. The molecule has 0 bridgehead atoms. The van der Waals surface area contributed by atoms with E-state index >= 15 is 0 Å². The van der Waals surface area contributed by atoms with E-state index in [1.165, 1.54) is 0 Å². The lowest BCUT2D eigenvalue weighted by molar-refractivity contribution is -0.137. The first-order chi connectivity index (χ1) is 6.33. The minimum atomic E-state index is -0.180. The van der Waals surface area contributed by atoms with Crippen LogP contribution in [0.5, 0.6) is 0 Å². The van der Waals surface area contributed by atoms with Crippen LogP contribution in [-0.2, 0) is 9.53 Å². The molecule has 2 atom stereocenters. The highest BCUT2D eigenvalue weighted by atomic mass is 16.5. The van der Waals surface area contributed by atoms with Crippen molar-refractivity contribution in [3.05, 3.63) is 0 Å². The van der Waals surface area contributed by atoms with Crippen molar-refractivity contribution in [2.45, 2.75) is 31.4 Å². The standard InChI is InChI=1S/C10H13NO2/c1-2-10(12)11-6-7-13-9-5-3-4-8(9)11/h1,8-9H,3-7H2/t8-,9+/m1/s1. The zero-order chi connectivity index (χ0) is 9.26. The maximum absolute atomic E-state index is 11.3. The SMILES string of the molecule is C#CC(=O)N1CCO[C@H]2CCC[C@H]21. The van der Waals surface area contributed by atoms with Crippen molar-refractivity contribution in [3.63, 3.8) is 0 Å². The van der Waals surface area contributed by atoms with E-state index in [0.717, 1.165) is 19.3 Å². The molecule has 1 saturated carbocycles. The summed E-state index contributed by atoms with van der Waals surface area (Å²) in [5, 5.41) is 0. The van der Waals surface area contributed by atoms with Crippen LogP contribution in [-0.4, -0.2) is 36.1 Å². The highest BCUT2D eigenvalue weighted by Gasteiger charge is 2.37. The Labute approximate surface area is 78.0 Å². The Morgan fingerprint density at radius 2 is 2.38 bits per heavy atom. The Bertz CT molecular complexity index is 256. The van der Waals surface area contributed by atoms with Gasteiger partial charge in [0.2, 0.25) is 0 Å². The molecule has 0 N–H and O–H groups in total. The molecule has 70 valence electrons. The zero-order valence-electron chi connectivity index (χ0n) is 7.53. The molecule has 3 nitrogen and oxygen atoms in total. The van der Waals surface area contributed by atoms with Crippen LogP contribution in [0.1, 0.15) is 19.3 Å². The maximum Gasteiger partial charge on any atom is 0.298 e. The van der Waals surface area contributed by atoms with E-state index in [4.69, 9.17) is 11.2 Å². The summed E-state index contributed by atoms with van der Waals surface area (Å²) in [4.78, 5) is 13.1. The van der Waals surface area contributed by atoms with Gasteiger partial charge >= 0.3 is 0 Å². The van der Waals surface area contributed by atoms with Crippen molar-refractivity contribution >= 4 is 5.91 Å². The number of terminal acetylenes is 1. The summed E-state index contributed by atoms with van der Waals surface area (Å²) in [6, 6.07) is 0.247. The Hall–Kier alpha value is -1.01. The molecule has 2 rings (SSSR count). The highest BCUT2D eigenvalue weighted by molar-refractivity contribution is 5.93. The van der Waals surface area contributed by atoms with E-state index in [9.17, 15) is 4.79 Å². The first-order valence-corrected chi connectivity index (χ1v) is 4.72. The monoisotopic (exact) mass is 179 g/mol. The largest absolute Gasteiger partial charge is 0.374 e. The van der Waals surface area contributed by atoms with Crippen molar-refractivity contribution in [2.75, 3.05) is 13.2 Å². The number of carbonyl (C=O) groups is 1. The van der Waals surface area contributed by atoms with E-state index in [0.29, 0.717) is 13.2 Å². The molecule has 1 aliphatic carbocycles. The number of nitrogens with zero attached hydrogens (tertiary/aromatic N) is 1. The molecular formula is C10H13NO2. The molecule has 0 spiro atoms. The first-order valence-electron chi connectivity index (χ1n) is 4.72. The molecule has 1 aliphatic heterocycles. The van der Waals surface area contributed by atoms with Crippen LogP contribution in [0.2, 0.25) is 0 Å². The Morgan fingerprint density at radius 3 is 3.15 bits per heavy atom. The molecular weight excluding hydrogens is 166 g/mol. The Morgan fingerprint density at radius 1 is 1.54 bits per heavy atom. The normalized spacial score (nSPS) is 32.4. The smallest absolute Gasteiger partial charge is 0.298 e. The van der Waals surface area contributed by atoms with Crippen LogP contribution < -0.4 is 0 Å². The van der Waals surface area contributed by atoms with Gasteiger partial charge in [-0.15, -0.1) is 6.42 Å². The minimum absolute atomic E-state index is 0.180. The molecule has 1 heterocycles. The van der Waals surface area contributed by atoms with Gasteiger partial charge < -0.3 is 9.64 Å². The average molecular weight is 179 g/mol. The van der Waals surface area contributed by atoms with E-state index in [1.807, 2.05) is 0 Å². The summed E-state index contributed by atoms with van der Waals surface area (Å²) in [7, 11) is 0. The Kier molecular flexibility index (Phi) is 2.24. The van der Waals surface area contributed by atoms with E-state index in [2.05, 4.69) is 5.92 Å². The number of rotatable bonds is 0. The Balaban J connectivity index is 2.10. The molecule has 2 aliphatic rings. The van der Waals surface area contributed by atoms with Crippen molar-refractivity contribution < 1.29 is 9.53 Å². The third kappa shape index (κ3) is 1.42. The third-order valence-electron chi connectivity index (χ3n) is 2.87. The molecule has 0 radical (unpaired) electrons. The number of ether oxygens (including phenoxy) is 1. The quantitative estimate of drug-likeness (QED) is 0.504. The predicted octanol–water partition coefficient (Wildman–Crippen LogP) is 0.399. The summed E-state index contributed by atoms with van der Waals surface area (Å²) in [6.07, 6.45) is 8.60. The molecule has 3 heteroatoms. The number of amides is 1. The van der Waals surface area contributed by atoms with Gasteiger partial charge in [-0.2, -0.15) is 0 Å². The van der Waals surface area contributed by atoms with Crippen LogP contribution in [0, 0.1) is 12.3 Å². The molecule has 0 aromatic heterocycles. The molecule has 0 aromatic carbocycles. The number of fused-ring (bicyclic) bond motifs is 1. The van der Waals surface area contributed by atoms with E-state index in [-0.39, 0.29) is 18.1 Å². The lowest BCUT2D eigenvalue weighted by Crippen LogP contribution is -2.50. The third-order valence-corrected chi connectivity index (χ3v) is 2.87.